The van der Waals surface area contributed by atoms with E-state index < -0.39 is 0 Å². The Morgan fingerprint density at radius 2 is 1.92 bits per heavy atom. The van der Waals surface area contributed by atoms with Crippen LogP contribution in [0.15, 0.2) is 22.8 Å². The minimum atomic E-state index is 0.490. The SMILES string of the molecule is CCCCCOc1nc(Br)c(-c2ccc(OCC)cc2OC)nc1NC. The molecule has 0 aliphatic rings. The van der Waals surface area contributed by atoms with Gasteiger partial charge in [-0.25, -0.2) is 9.97 Å². The summed E-state index contributed by atoms with van der Waals surface area (Å²) < 4.78 is 17.4. The molecule has 142 valence electrons. The number of halogens is 1. The monoisotopic (exact) mass is 423 g/mol. The van der Waals surface area contributed by atoms with Crippen molar-refractivity contribution in [2.45, 2.75) is 33.1 Å². The van der Waals surface area contributed by atoms with Crippen LogP contribution in [0.2, 0.25) is 0 Å². The number of hydrogen-bond acceptors (Lipinski definition) is 6. The van der Waals surface area contributed by atoms with Crippen molar-refractivity contribution in [3.8, 4) is 28.6 Å². The van der Waals surface area contributed by atoms with Crippen molar-refractivity contribution in [3.05, 3.63) is 22.8 Å². The zero-order valence-corrected chi connectivity index (χ0v) is 17.4. The molecule has 1 aromatic heterocycles. The highest BCUT2D eigenvalue weighted by Crippen LogP contribution is 2.37. The second kappa shape index (κ2) is 10.2. The lowest BCUT2D eigenvalue weighted by molar-refractivity contribution is 0.295. The van der Waals surface area contributed by atoms with Gasteiger partial charge in [0.2, 0.25) is 0 Å². The number of anilines is 1. The van der Waals surface area contributed by atoms with Crippen LogP contribution in [-0.2, 0) is 0 Å². The number of benzene rings is 1. The van der Waals surface area contributed by atoms with E-state index in [2.05, 4.69) is 38.1 Å². The van der Waals surface area contributed by atoms with Crippen molar-refractivity contribution in [2.24, 2.45) is 0 Å². The summed E-state index contributed by atoms with van der Waals surface area (Å²) in [4.78, 5) is 9.21. The number of unbranched alkanes of at least 4 members (excludes halogenated alkanes) is 2. The first kappa shape index (κ1) is 20.3. The molecule has 0 fully saturated rings. The lowest BCUT2D eigenvalue weighted by Crippen LogP contribution is -2.06. The topological polar surface area (TPSA) is 65.5 Å². The molecular formula is C19H26BrN3O3. The summed E-state index contributed by atoms with van der Waals surface area (Å²) in [6.07, 6.45) is 3.27. The number of nitrogens with one attached hydrogen (secondary N) is 1. The zero-order valence-electron chi connectivity index (χ0n) is 15.8. The van der Waals surface area contributed by atoms with Gasteiger partial charge in [0.25, 0.3) is 5.88 Å². The Morgan fingerprint density at radius 3 is 2.58 bits per heavy atom. The van der Waals surface area contributed by atoms with Gasteiger partial charge in [-0.2, -0.15) is 0 Å². The van der Waals surface area contributed by atoms with Crippen LogP contribution in [0.3, 0.4) is 0 Å². The predicted octanol–water partition coefficient (Wildman–Crippen LogP) is 4.92. The van der Waals surface area contributed by atoms with Gasteiger partial charge in [-0.1, -0.05) is 19.8 Å². The summed E-state index contributed by atoms with van der Waals surface area (Å²) in [5, 5.41) is 3.06. The van der Waals surface area contributed by atoms with Gasteiger partial charge in [-0.3, -0.25) is 0 Å². The van der Waals surface area contributed by atoms with Crippen molar-refractivity contribution >= 4 is 21.7 Å². The van der Waals surface area contributed by atoms with Crippen molar-refractivity contribution in [1.82, 2.24) is 9.97 Å². The second-order valence-corrected chi connectivity index (χ2v) is 6.37. The highest BCUT2D eigenvalue weighted by Gasteiger charge is 2.18. The van der Waals surface area contributed by atoms with Crippen LogP contribution in [0, 0.1) is 0 Å². The molecule has 26 heavy (non-hydrogen) atoms. The Balaban J connectivity index is 2.35. The van der Waals surface area contributed by atoms with Gasteiger partial charge in [0, 0.05) is 18.7 Å². The maximum atomic E-state index is 5.79. The zero-order chi connectivity index (χ0) is 18.9. The summed E-state index contributed by atoms with van der Waals surface area (Å²) in [7, 11) is 3.43. The molecule has 0 bridgehead atoms. The molecule has 6 nitrogen and oxygen atoms in total. The molecule has 1 aromatic carbocycles. The molecule has 0 radical (unpaired) electrons. The Kier molecular flexibility index (Phi) is 7.97. The molecule has 0 saturated carbocycles. The maximum absolute atomic E-state index is 5.79. The van der Waals surface area contributed by atoms with E-state index in [1.165, 1.54) is 0 Å². The molecule has 0 amide bonds. The van der Waals surface area contributed by atoms with E-state index in [-0.39, 0.29) is 0 Å². The standard InChI is InChI=1S/C19H26BrN3O3/c1-5-7-8-11-26-19-18(21-3)22-16(17(20)23-19)14-10-9-13(25-6-2)12-15(14)24-4/h9-10,12H,5-8,11H2,1-4H3,(H,21,22). The lowest BCUT2D eigenvalue weighted by Gasteiger charge is -2.15. The third-order valence-electron chi connectivity index (χ3n) is 3.78. The summed E-state index contributed by atoms with van der Waals surface area (Å²) in [6.45, 7) is 5.32. The van der Waals surface area contributed by atoms with Crippen LogP contribution in [0.5, 0.6) is 17.4 Å². The fraction of sp³-hybridized carbons (Fsp3) is 0.474. The summed E-state index contributed by atoms with van der Waals surface area (Å²) in [5.74, 6) is 2.51. The van der Waals surface area contributed by atoms with Crippen LogP contribution in [-0.4, -0.2) is 37.3 Å². The smallest absolute Gasteiger partial charge is 0.258 e. The van der Waals surface area contributed by atoms with Gasteiger partial charge >= 0.3 is 0 Å². The van der Waals surface area contributed by atoms with Gasteiger partial charge in [0.15, 0.2) is 5.82 Å². The molecular weight excluding hydrogens is 398 g/mol. The third kappa shape index (κ3) is 5.00. The van der Waals surface area contributed by atoms with Crippen molar-refractivity contribution in [2.75, 3.05) is 32.7 Å². The number of aromatic nitrogens is 2. The van der Waals surface area contributed by atoms with Gasteiger partial charge in [0.05, 0.1) is 20.3 Å². The van der Waals surface area contributed by atoms with Crippen LogP contribution in [0.25, 0.3) is 11.3 Å². The summed E-state index contributed by atoms with van der Waals surface area (Å²) in [6, 6.07) is 5.66. The minimum Gasteiger partial charge on any atom is -0.496 e. The highest BCUT2D eigenvalue weighted by molar-refractivity contribution is 9.10. The average Bonchev–Trinajstić information content (AvgIpc) is 2.66. The molecule has 0 spiro atoms. The minimum absolute atomic E-state index is 0.490. The van der Waals surface area contributed by atoms with Crippen LogP contribution in [0.4, 0.5) is 5.82 Å². The number of rotatable bonds is 10. The first-order chi connectivity index (χ1) is 12.6. The number of nitrogens with zero attached hydrogens (tertiary/aromatic N) is 2. The van der Waals surface area contributed by atoms with Crippen LogP contribution < -0.4 is 19.5 Å². The first-order valence-corrected chi connectivity index (χ1v) is 9.63. The van der Waals surface area contributed by atoms with E-state index in [0.717, 1.165) is 30.6 Å². The molecule has 7 heteroatoms. The predicted molar refractivity (Wildman–Crippen MR) is 107 cm³/mol. The fourth-order valence-corrected chi connectivity index (χ4v) is 2.94. The van der Waals surface area contributed by atoms with E-state index in [9.17, 15) is 0 Å². The number of ether oxygens (including phenoxy) is 3. The molecule has 0 saturated heterocycles. The second-order valence-electron chi connectivity index (χ2n) is 5.62. The largest absolute Gasteiger partial charge is 0.496 e. The van der Waals surface area contributed by atoms with Gasteiger partial charge in [-0.05, 0) is 41.4 Å². The normalized spacial score (nSPS) is 10.5. The quantitative estimate of drug-likeness (QED) is 0.546. The van der Waals surface area contributed by atoms with E-state index in [0.29, 0.717) is 41.0 Å². The molecule has 1 N–H and O–H groups in total. The van der Waals surface area contributed by atoms with Gasteiger partial charge < -0.3 is 19.5 Å². The summed E-state index contributed by atoms with van der Waals surface area (Å²) >= 11 is 3.51. The molecule has 0 aliphatic carbocycles. The van der Waals surface area contributed by atoms with Crippen LogP contribution >= 0.6 is 15.9 Å². The maximum Gasteiger partial charge on any atom is 0.258 e. The fourth-order valence-electron chi connectivity index (χ4n) is 2.48. The molecule has 1 heterocycles. The van der Waals surface area contributed by atoms with E-state index in [1.807, 2.05) is 25.1 Å². The van der Waals surface area contributed by atoms with Crippen LogP contribution in [0.1, 0.15) is 33.1 Å². The van der Waals surface area contributed by atoms with Crippen molar-refractivity contribution < 1.29 is 14.2 Å². The Hall–Kier alpha value is -2.02. The average molecular weight is 424 g/mol. The molecule has 0 atom stereocenters. The molecule has 0 aliphatic heterocycles. The third-order valence-corrected chi connectivity index (χ3v) is 4.34. The van der Waals surface area contributed by atoms with Crippen molar-refractivity contribution in [3.63, 3.8) is 0 Å². The Labute approximate surface area is 163 Å². The highest BCUT2D eigenvalue weighted by atomic mass is 79.9. The summed E-state index contributed by atoms with van der Waals surface area (Å²) in [5.41, 5.74) is 1.50. The van der Waals surface area contributed by atoms with E-state index >= 15 is 0 Å². The van der Waals surface area contributed by atoms with E-state index in [1.54, 1.807) is 14.2 Å². The number of hydrogen-bond donors (Lipinski definition) is 1. The Morgan fingerprint density at radius 1 is 1.12 bits per heavy atom. The van der Waals surface area contributed by atoms with E-state index in [4.69, 9.17) is 14.2 Å². The van der Waals surface area contributed by atoms with Crippen molar-refractivity contribution in [1.29, 1.82) is 0 Å². The lowest BCUT2D eigenvalue weighted by atomic mass is 10.1. The Bertz CT molecular complexity index is 725. The molecule has 2 rings (SSSR count). The molecule has 0 unspecified atom stereocenters. The van der Waals surface area contributed by atoms with Gasteiger partial charge in [0.1, 0.15) is 21.8 Å². The first-order valence-electron chi connectivity index (χ1n) is 8.83. The molecule has 2 aromatic rings. The van der Waals surface area contributed by atoms with Gasteiger partial charge in [-0.15, -0.1) is 0 Å². The number of methoxy groups -OCH3 is 1.